The third-order valence-corrected chi connectivity index (χ3v) is 2.57. The zero-order chi connectivity index (χ0) is 10.7. The summed E-state index contributed by atoms with van der Waals surface area (Å²) in [4.78, 5) is 6.22. The van der Waals surface area contributed by atoms with E-state index in [1.54, 1.807) is 0 Å². The molecule has 0 bridgehead atoms. The first-order valence-corrected chi connectivity index (χ1v) is 5.23. The van der Waals surface area contributed by atoms with E-state index in [0.717, 1.165) is 31.0 Å². The van der Waals surface area contributed by atoms with E-state index in [1.807, 2.05) is 32.6 Å². The molecule has 0 amide bonds. The summed E-state index contributed by atoms with van der Waals surface area (Å²) < 4.78 is 5.33. The van der Waals surface area contributed by atoms with Crippen molar-refractivity contribution in [3.63, 3.8) is 0 Å². The van der Waals surface area contributed by atoms with Gasteiger partial charge in [0.15, 0.2) is 0 Å². The lowest BCUT2D eigenvalue weighted by Gasteiger charge is -2.20. The SMILES string of the molecule is CN(C)c1ccncc1NC1CCOC1. The van der Waals surface area contributed by atoms with E-state index in [4.69, 9.17) is 4.74 Å². The van der Waals surface area contributed by atoms with Crippen LogP contribution in [0.15, 0.2) is 18.5 Å². The van der Waals surface area contributed by atoms with Crippen LogP contribution < -0.4 is 10.2 Å². The van der Waals surface area contributed by atoms with Crippen LogP contribution in [0.2, 0.25) is 0 Å². The fourth-order valence-electron chi connectivity index (χ4n) is 1.76. The number of nitrogens with zero attached hydrogens (tertiary/aromatic N) is 2. The van der Waals surface area contributed by atoms with E-state index >= 15 is 0 Å². The van der Waals surface area contributed by atoms with Gasteiger partial charge in [-0.2, -0.15) is 0 Å². The molecule has 82 valence electrons. The molecule has 2 heterocycles. The van der Waals surface area contributed by atoms with E-state index in [1.165, 1.54) is 0 Å². The Labute approximate surface area is 90.3 Å². The molecular formula is C11H17N3O. The van der Waals surface area contributed by atoms with Gasteiger partial charge in [0.05, 0.1) is 30.2 Å². The molecular weight excluding hydrogens is 190 g/mol. The zero-order valence-corrected chi connectivity index (χ0v) is 9.23. The first kappa shape index (κ1) is 10.2. The quantitative estimate of drug-likeness (QED) is 0.811. The minimum absolute atomic E-state index is 0.424. The molecule has 1 aliphatic rings. The largest absolute Gasteiger partial charge is 0.379 e. The molecule has 0 spiro atoms. The Morgan fingerprint density at radius 1 is 1.53 bits per heavy atom. The Morgan fingerprint density at radius 2 is 2.40 bits per heavy atom. The van der Waals surface area contributed by atoms with Gasteiger partial charge in [-0.15, -0.1) is 0 Å². The topological polar surface area (TPSA) is 37.4 Å². The van der Waals surface area contributed by atoms with Gasteiger partial charge in [-0.05, 0) is 12.5 Å². The van der Waals surface area contributed by atoms with Gasteiger partial charge in [0.25, 0.3) is 0 Å². The number of ether oxygens (including phenoxy) is 1. The Kier molecular flexibility index (Phi) is 3.06. The van der Waals surface area contributed by atoms with Crippen LogP contribution in [0.25, 0.3) is 0 Å². The van der Waals surface area contributed by atoms with E-state index in [0.29, 0.717) is 6.04 Å². The molecule has 0 aromatic carbocycles. The molecule has 0 saturated carbocycles. The van der Waals surface area contributed by atoms with Crippen LogP contribution in [0.3, 0.4) is 0 Å². The zero-order valence-electron chi connectivity index (χ0n) is 9.23. The third-order valence-electron chi connectivity index (χ3n) is 2.57. The Bertz CT molecular complexity index is 321. The number of aromatic nitrogens is 1. The second kappa shape index (κ2) is 4.49. The highest BCUT2D eigenvalue weighted by atomic mass is 16.5. The monoisotopic (exact) mass is 207 g/mol. The lowest BCUT2D eigenvalue weighted by atomic mass is 10.2. The second-order valence-corrected chi connectivity index (χ2v) is 3.99. The van der Waals surface area contributed by atoms with Gasteiger partial charge >= 0.3 is 0 Å². The highest BCUT2D eigenvalue weighted by Gasteiger charge is 2.16. The molecule has 0 radical (unpaired) electrons. The molecule has 4 heteroatoms. The maximum atomic E-state index is 5.33. The molecule has 1 aliphatic heterocycles. The predicted octanol–water partition coefficient (Wildman–Crippen LogP) is 1.35. The van der Waals surface area contributed by atoms with Gasteiger partial charge in [0.1, 0.15) is 0 Å². The maximum absolute atomic E-state index is 5.33. The first-order valence-electron chi connectivity index (χ1n) is 5.23. The maximum Gasteiger partial charge on any atom is 0.0767 e. The number of nitrogens with one attached hydrogen (secondary N) is 1. The fraction of sp³-hybridized carbons (Fsp3) is 0.545. The van der Waals surface area contributed by atoms with Gasteiger partial charge in [0.2, 0.25) is 0 Å². The fourth-order valence-corrected chi connectivity index (χ4v) is 1.76. The molecule has 1 saturated heterocycles. The normalized spacial score (nSPS) is 20.3. The van der Waals surface area contributed by atoms with E-state index in [-0.39, 0.29) is 0 Å². The number of pyridine rings is 1. The summed E-state index contributed by atoms with van der Waals surface area (Å²) in [5, 5.41) is 3.46. The van der Waals surface area contributed by atoms with Crippen LogP contribution in [-0.2, 0) is 4.74 Å². The summed E-state index contributed by atoms with van der Waals surface area (Å²) in [7, 11) is 4.07. The number of anilines is 2. The summed E-state index contributed by atoms with van der Waals surface area (Å²) >= 11 is 0. The van der Waals surface area contributed by atoms with E-state index < -0.39 is 0 Å². The Hall–Kier alpha value is -1.29. The molecule has 1 unspecified atom stereocenters. The van der Waals surface area contributed by atoms with Crippen molar-refractivity contribution in [2.24, 2.45) is 0 Å². The predicted molar refractivity (Wildman–Crippen MR) is 61.4 cm³/mol. The average Bonchev–Trinajstić information content (AvgIpc) is 2.71. The number of hydrogen-bond donors (Lipinski definition) is 1. The molecule has 1 N–H and O–H groups in total. The van der Waals surface area contributed by atoms with Crippen molar-refractivity contribution in [1.29, 1.82) is 0 Å². The lowest BCUT2D eigenvalue weighted by Crippen LogP contribution is -2.21. The van der Waals surface area contributed by atoms with Crippen molar-refractivity contribution in [3.8, 4) is 0 Å². The van der Waals surface area contributed by atoms with Crippen LogP contribution in [0.1, 0.15) is 6.42 Å². The third kappa shape index (κ3) is 2.39. The van der Waals surface area contributed by atoms with Crippen molar-refractivity contribution in [3.05, 3.63) is 18.5 Å². The summed E-state index contributed by atoms with van der Waals surface area (Å²) in [6.45, 7) is 1.65. The highest BCUT2D eigenvalue weighted by molar-refractivity contribution is 5.68. The van der Waals surface area contributed by atoms with Crippen LogP contribution in [0, 0.1) is 0 Å². The van der Waals surface area contributed by atoms with Crippen LogP contribution in [0.5, 0.6) is 0 Å². The molecule has 15 heavy (non-hydrogen) atoms. The van der Waals surface area contributed by atoms with Crippen molar-refractivity contribution in [2.75, 3.05) is 37.5 Å². The van der Waals surface area contributed by atoms with Gasteiger partial charge in [-0.25, -0.2) is 0 Å². The molecule has 1 aromatic rings. The molecule has 2 rings (SSSR count). The molecule has 1 aromatic heterocycles. The van der Waals surface area contributed by atoms with Gasteiger partial charge in [-0.1, -0.05) is 0 Å². The molecule has 4 nitrogen and oxygen atoms in total. The molecule has 1 atom stereocenters. The van der Waals surface area contributed by atoms with Crippen molar-refractivity contribution >= 4 is 11.4 Å². The van der Waals surface area contributed by atoms with Crippen LogP contribution >= 0.6 is 0 Å². The summed E-state index contributed by atoms with van der Waals surface area (Å²) in [5.41, 5.74) is 2.25. The van der Waals surface area contributed by atoms with E-state index in [9.17, 15) is 0 Å². The van der Waals surface area contributed by atoms with E-state index in [2.05, 4.69) is 15.2 Å². The average molecular weight is 207 g/mol. The van der Waals surface area contributed by atoms with Crippen molar-refractivity contribution in [1.82, 2.24) is 4.98 Å². The van der Waals surface area contributed by atoms with Gasteiger partial charge < -0.3 is 15.0 Å². The Morgan fingerprint density at radius 3 is 3.07 bits per heavy atom. The summed E-state index contributed by atoms with van der Waals surface area (Å²) in [6.07, 6.45) is 4.75. The minimum Gasteiger partial charge on any atom is -0.379 e. The Balaban J connectivity index is 2.12. The van der Waals surface area contributed by atoms with Crippen molar-refractivity contribution in [2.45, 2.75) is 12.5 Å². The smallest absolute Gasteiger partial charge is 0.0767 e. The molecule has 1 fully saturated rings. The number of rotatable bonds is 3. The van der Waals surface area contributed by atoms with Crippen molar-refractivity contribution < 1.29 is 4.74 Å². The lowest BCUT2D eigenvalue weighted by molar-refractivity contribution is 0.195. The first-order chi connectivity index (χ1) is 7.27. The second-order valence-electron chi connectivity index (χ2n) is 3.99. The minimum atomic E-state index is 0.424. The van der Waals surface area contributed by atoms with Crippen LogP contribution in [-0.4, -0.2) is 38.3 Å². The summed E-state index contributed by atoms with van der Waals surface area (Å²) in [5.74, 6) is 0. The van der Waals surface area contributed by atoms with Crippen LogP contribution in [0.4, 0.5) is 11.4 Å². The highest BCUT2D eigenvalue weighted by Crippen LogP contribution is 2.24. The van der Waals surface area contributed by atoms with Gasteiger partial charge in [0, 0.05) is 26.9 Å². The summed E-state index contributed by atoms with van der Waals surface area (Å²) in [6, 6.07) is 2.44. The standard InChI is InChI=1S/C11H17N3O/c1-14(2)11-3-5-12-7-10(11)13-9-4-6-15-8-9/h3,5,7,9,13H,4,6,8H2,1-2H3. The molecule has 0 aliphatic carbocycles. The number of hydrogen-bond acceptors (Lipinski definition) is 4. The van der Waals surface area contributed by atoms with Gasteiger partial charge in [-0.3, -0.25) is 4.98 Å².